The second-order valence-corrected chi connectivity index (χ2v) is 5.81. The second-order valence-electron chi connectivity index (χ2n) is 5.81. The van der Waals surface area contributed by atoms with Crippen LogP contribution in [0, 0.1) is 6.92 Å². The van der Waals surface area contributed by atoms with Gasteiger partial charge < -0.3 is 14.2 Å². The highest BCUT2D eigenvalue weighted by atomic mass is 16.5. The van der Waals surface area contributed by atoms with E-state index in [1.807, 2.05) is 38.1 Å². The number of carbonyl (C=O) groups is 1. The van der Waals surface area contributed by atoms with E-state index in [1.54, 1.807) is 19.2 Å². The minimum absolute atomic E-state index is 0.0679. The van der Waals surface area contributed by atoms with E-state index >= 15 is 0 Å². The minimum atomic E-state index is -0.369. The van der Waals surface area contributed by atoms with Crippen LogP contribution in [0.2, 0.25) is 0 Å². The van der Waals surface area contributed by atoms with Crippen LogP contribution in [0.5, 0.6) is 11.5 Å². The normalized spacial score (nSPS) is 15.8. The quantitative estimate of drug-likeness (QED) is 0.801. The highest BCUT2D eigenvalue weighted by Gasteiger charge is 2.23. The predicted molar refractivity (Wildman–Crippen MR) is 92.7 cm³/mol. The monoisotopic (exact) mass is 324 g/mol. The van der Waals surface area contributed by atoms with Gasteiger partial charge in [-0.15, -0.1) is 0 Å². The van der Waals surface area contributed by atoms with Gasteiger partial charge in [0.05, 0.1) is 19.8 Å². The molecule has 2 aromatic carbocycles. The van der Waals surface area contributed by atoms with Crippen molar-refractivity contribution in [3.63, 3.8) is 0 Å². The largest absolute Gasteiger partial charge is 0.496 e. The van der Waals surface area contributed by atoms with Gasteiger partial charge in [0.1, 0.15) is 17.6 Å². The number of rotatable bonds is 3. The summed E-state index contributed by atoms with van der Waals surface area (Å²) in [5.41, 5.74) is 4.47. The van der Waals surface area contributed by atoms with Gasteiger partial charge in [-0.1, -0.05) is 11.6 Å². The van der Waals surface area contributed by atoms with Crippen LogP contribution in [0.4, 0.5) is 0 Å². The molecule has 0 bridgehead atoms. The topological polar surface area (TPSA) is 44.8 Å². The number of hydrogen-bond donors (Lipinski definition) is 0. The number of methoxy groups -OCH3 is 2. The van der Waals surface area contributed by atoms with Gasteiger partial charge in [0.15, 0.2) is 0 Å². The van der Waals surface area contributed by atoms with Crippen molar-refractivity contribution in [1.82, 2.24) is 0 Å². The Morgan fingerprint density at radius 1 is 1.08 bits per heavy atom. The fraction of sp³-hybridized carbons (Fsp3) is 0.250. The molecule has 24 heavy (non-hydrogen) atoms. The zero-order chi connectivity index (χ0) is 17.3. The molecular weight excluding hydrogens is 304 g/mol. The number of aryl methyl sites for hydroxylation is 1. The zero-order valence-corrected chi connectivity index (χ0v) is 14.3. The summed E-state index contributed by atoms with van der Waals surface area (Å²) in [5.74, 6) is 1.17. The van der Waals surface area contributed by atoms with E-state index in [0.29, 0.717) is 5.56 Å². The minimum Gasteiger partial charge on any atom is -0.496 e. The second kappa shape index (κ2) is 6.40. The van der Waals surface area contributed by atoms with E-state index < -0.39 is 0 Å². The Bertz CT molecular complexity index is 820. The van der Waals surface area contributed by atoms with Crippen LogP contribution in [-0.2, 0) is 4.74 Å². The molecule has 1 heterocycles. The van der Waals surface area contributed by atoms with Gasteiger partial charge in [-0.25, -0.2) is 4.79 Å². The van der Waals surface area contributed by atoms with Gasteiger partial charge in [0.2, 0.25) is 0 Å². The van der Waals surface area contributed by atoms with Crippen molar-refractivity contribution in [2.24, 2.45) is 0 Å². The van der Waals surface area contributed by atoms with Crippen LogP contribution >= 0.6 is 0 Å². The lowest BCUT2D eigenvalue weighted by Gasteiger charge is -2.25. The summed E-state index contributed by atoms with van der Waals surface area (Å²) in [6.07, 6.45) is 1.97. The molecule has 1 atom stereocenters. The zero-order valence-electron chi connectivity index (χ0n) is 14.3. The van der Waals surface area contributed by atoms with Crippen LogP contribution in [0.25, 0.3) is 5.57 Å². The van der Waals surface area contributed by atoms with E-state index in [9.17, 15) is 4.79 Å². The first-order valence-corrected chi connectivity index (χ1v) is 7.79. The number of hydrogen-bond acceptors (Lipinski definition) is 4. The van der Waals surface area contributed by atoms with Crippen LogP contribution in [0.1, 0.15) is 34.0 Å². The van der Waals surface area contributed by atoms with Crippen LogP contribution < -0.4 is 9.47 Å². The molecule has 0 aromatic heterocycles. The lowest BCUT2D eigenvalue weighted by atomic mass is 9.91. The van der Waals surface area contributed by atoms with Crippen molar-refractivity contribution in [3.05, 3.63) is 64.7 Å². The van der Waals surface area contributed by atoms with Crippen molar-refractivity contribution >= 4 is 11.5 Å². The Morgan fingerprint density at radius 3 is 2.58 bits per heavy atom. The first-order valence-electron chi connectivity index (χ1n) is 7.79. The fourth-order valence-electron chi connectivity index (χ4n) is 2.91. The highest BCUT2D eigenvalue weighted by Crippen LogP contribution is 2.40. The molecule has 4 nitrogen and oxygen atoms in total. The Labute approximate surface area is 141 Å². The first-order chi connectivity index (χ1) is 11.5. The van der Waals surface area contributed by atoms with Crippen molar-refractivity contribution in [1.29, 1.82) is 0 Å². The number of esters is 1. The van der Waals surface area contributed by atoms with Crippen LogP contribution in [0.3, 0.4) is 0 Å². The third-order valence-electron chi connectivity index (χ3n) is 4.05. The van der Waals surface area contributed by atoms with E-state index in [0.717, 1.165) is 33.8 Å². The number of fused-ring (bicyclic) bond motifs is 1. The summed E-state index contributed by atoms with van der Waals surface area (Å²) >= 11 is 0. The van der Waals surface area contributed by atoms with Crippen LogP contribution in [0.15, 0.2) is 42.5 Å². The Balaban J connectivity index is 2.19. The molecule has 1 aliphatic heterocycles. The van der Waals surface area contributed by atoms with Gasteiger partial charge in [-0.3, -0.25) is 0 Å². The van der Waals surface area contributed by atoms with Crippen molar-refractivity contribution in [3.8, 4) is 11.5 Å². The molecule has 0 fully saturated rings. The van der Waals surface area contributed by atoms with Gasteiger partial charge in [-0.05, 0) is 55.8 Å². The first kappa shape index (κ1) is 16.1. The van der Waals surface area contributed by atoms with E-state index in [-0.39, 0.29) is 12.1 Å². The molecule has 1 unspecified atom stereocenters. The average Bonchev–Trinajstić information content (AvgIpc) is 2.59. The highest BCUT2D eigenvalue weighted by molar-refractivity contribution is 5.94. The van der Waals surface area contributed by atoms with Gasteiger partial charge in [-0.2, -0.15) is 0 Å². The van der Waals surface area contributed by atoms with E-state index in [1.165, 1.54) is 7.11 Å². The molecule has 0 N–H and O–H groups in total. The third-order valence-corrected chi connectivity index (χ3v) is 4.05. The molecule has 0 spiro atoms. The molecule has 2 aromatic rings. The van der Waals surface area contributed by atoms with Crippen molar-refractivity contribution < 1.29 is 19.0 Å². The lowest BCUT2D eigenvalue weighted by Crippen LogP contribution is -2.16. The summed E-state index contributed by atoms with van der Waals surface area (Å²) in [5, 5.41) is 0. The summed E-state index contributed by atoms with van der Waals surface area (Å²) in [6, 6.07) is 11.4. The molecule has 0 amide bonds. The smallest absolute Gasteiger partial charge is 0.337 e. The standard InChI is InChI=1S/C20H20O4/c1-12-5-7-18(22-3)16(9-12)15-10-13(2)24-19-8-6-14(11-17(15)19)20(21)23-4/h5-11,13H,1-4H3. The molecule has 0 saturated carbocycles. The maximum atomic E-state index is 11.9. The molecule has 124 valence electrons. The average molecular weight is 324 g/mol. The number of ether oxygens (including phenoxy) is 3. The van der Waals surface area contributed by atoms with Crippen molar-refractivity contribution in [2.45, 2.75) is 20.0 Å². The summed E-state index contributed by atoms with van der Waals surface area (Å²) in [4.78, 5) is 11.9. The Morgan fingerprint density at radius 2 is 1.88 bits per heavy atom. The molecule has 0 aliphatic carbocycles. The number of carbonyl (C=O) groups excluding carboxylic acids is 1. The maximum absolute atomic E-state index is 11.9. The molecule has 0 radical (unpaired) electrons. The maximum Gasteiger partial charge on any atom is 0.337 e. The molecule has 0 saturated heterocycles. The SMILES string of the molecule is COC(=O)c1ccc2c(c1)C(c1cc(C)ccc1OC)=CC(C)O2. The molecular formula is C20H20O4. The Hall–Kier alpha value is -2.75. The van der Waals surface area contributed by atoms with E-state index in [2.05, 4.69) is 6.07 Å². The third kappa shape index (κ3) is 2.87. The van der Waals surface area contributed by atoms with Crippen molar-refractivity contribution in [2.75, 3.05) is 14.2 Å². The van der Waals surface area contributed by atoms with Gasteiger partial charge >= 0.3 is 5.97 Å². The summed E-state index contributed by atoms with van der Waals surface area (Å²) < 4.78 is 16.2. The molecule has 3 rings (SSSR count). The molecule has 1 aliphatic rings. The summed E-state index contributed by atoms with van der Waals surface area (Å²) in [6.45, 7) is 4.03. The predicted octanol–water partition coefficient (Wildman–Crippen LogP) is 4.00. The van der Waals surface area contributed by atoms with Gasteiger partial charge in [0.25, 0.3) is 0 Å². The Kier molecular flexibility index (Phi) is 4.30. The summed E-state index contributed by atoms with van der Waals surface area (Å²) in [7, 11) is 3.03. The fourth-order valence-corrected chi connectivity index (χ4v) is 2.91. The number of benzene rings is 2. The van der Waals surface area contributed by atoms with Crippen LogP contribution in [-0.4, -0.2) is 26.3 Å². The van der Waals surface area contributed by atoms with Gasteiger partial charge in [0, 0.05) is 11.1 Å². The van der Waals surface area contributed by atoms with E-state index in [4.69, 9.17) is 14.2 Å². The lowest BCUT2D eigenvalue weighted by molar-refractivity contribution is 0.0600. The molecule has 4 heteroatoms.